The summed E-state index contributed by atoms with van der Waals surface area (Å²) < 4.78 is 13.3. The summed E-state index contributed by atoms with van der Waals surface area (Å²) in [7, 11) is 0. The molecule has 3 heteroatoms. The van der Waals surface area contributed by atoms with Gasteiger partial charge in [0.1, 0.15) is 11.2 Å². The average Bonchev–Trinajstić information content (AvgIpc) is 2.59. The number of hydrogen-bond donors (Lipinski definition) is 0. The molecule has 1 aliphatic carbocycles. The van der Waals surface area contributed by atoms with E-state index in [-0.39, 0.29) is 11.6 Å². The number of carbonyl (C=O) groups excluding carboxylic acids is 1. The molecule has 0 N–H and O–H groups in total. The minimum absolute atomic E-state index is 0.00818. The number of nitriles is 1. The zero-order chi connectivity index (χ0) is 14.3. The molecular formula is C16H18FNO. The van der Waals surface area contributed by atoms with Gasteiger partial charge in [-0.05, 0) is 49.4 Å². The summed E-state index contributed by atoms with van der Waals surface area (Å²) >= 11 is 0. The molecule has 1 aromatic rings. The lowest BCUT2D eigenvalue weighted by atomic mass is 9.76. The highest BCUT2D eigenvalue weighted by molar-refractivity contribution is 5.94. The van der Waals surface area contributed by atoms with Gasteiger partial charge < -0.3 is 0 Å². The van der Waals surface area contributed by atoms with Crippen LogP contribution >= 0.6 is 0 Å². The number of hydrogen-bond acceptors (Lipinski definition) is 2. The topological polar surface area (TPSA) is 40.9 Å². The van der Waals surface area contributed by atoms with Gasteiger partial charge >= 0.3 is 0 Å². The number of benzene rings is 1. The molecule has 0 saturated heterocycles. The van der Waals surface area contributed by atoms with Gasteiger partial charge in [0.15, 0.2) is 5.78 Å². The van der Waals surface area contributed by atoms with Crippen LogP contribution in [0.5, 0.6) is 0 Å². The molecular weight excluding hydrogens is 241 g/mol. The van der Waals surface area contributed by atoms with E-state index in [0.29, 0.717) is 19.3 Å². The van der Waals surface area contributed by atoms with Crippen molar-refractivity contribution in [2.45, 2.75) is 40.0 Å². The van der Waals surface area contributed by atoms with Crippen molar-refractivity contribution in [1.29, 1.82) is 5.26 Å². The minimum Gasteiger partial charge on any atom is -0.297 e. The van der Waals surface area contributed by atoms with Crippen molar-refractivity contribution in [2.24, 2.45) is 10.8 Å². The lowest BCUT2D eigenvalue weighted by molar-refractivity contribution is -0.130. The molecule has 19 heavy (non-hydrogen) atoms. The third kappa shape index (κ3) is 2.28. The fourth-order valence-electron chi connectivity index (χ4n) is 2.87. The van der Waals surface area contributed by atoms with Gasteiger partial charge in [-0.25, -0.2) is 4.39 Å². The molecule has 1 atom stereocenters. The Morgan fingerprint density at radius 2 is 2.05 bits per heavy atom. The molecule has 1 saturated carbocycles. The Morgan fingerprint density at radius 3 is 2.58 bits per heavy atom. The highest BCUT2D eigenvalue weighted by atomic mass is 19.1. The molecule has 0 radical (unpaired) electrons. The smallest absolute Gasteiger partial charge is 0.158 e. The number of carbonyl (C=O) groups is 1. The molecule has 1 fully saturated rings. The van der Waals surface area contributed by atoms with Gasteiger partial charge in [-0.3, -0.25) is 4.79 Å². The van der Waals surface area contributed by atoms with Crippen molar-refractivity contribution in [3.05, 3.63) is 35.1 Å². The van der Waals surface area contributed by atoms with Crippen molar-refractivity contribution >= 4 is 5.78 Å². The number of aryl methyl sites for hydroxylation is 1. The molecule has 1 unspecified atom stereocenters. The van der Waals surface area contributed by atoms with Crippen molar-refractivity contribution < 1.29 is 9.18 Å². The highest BCUT2D eigenvalue weighted by Gasteiger charge is 2.52. The number of rotatable bonds is 2. The van der Waals surface area contributed by atoms with Crippen LogP contribution in [-0.4, -0.2) is 5.78 Å². The van der Waals surface area contributed by atoms with Crippen molar-refractivity contribution in [2.75, 3.05) is 0 Å². The van der Waals surface area contributed by atoms with Gasteiger partial charge in [-0.15, -0.1) is 0 Å². The fourth-order valence-corrected chi connectivity index (χ4v) is 2.87. The van der Waals surface area contributed by atoms with E-state index in [1.807, 2.05) is 20.8 Å². The number of ketones is 1. The Balaban J connectivity index is 2.38. The molecule has 2 nitrogen and oxygen atoms in total. The highest BCUT2D eigenvalue weighted by Crippen LogP contribution is 2.47. The monoisotopic (exact) mass is 259 g/mol. The molecule has 0 bridgehead atoms. The first-order valence-electron chi connectivity index (χ1n) is 6.52. The molecule has 0 spiro atoms. The van der Waals surface area contributed by atoms with E-state index in [1.165, 1.54) is 12.1 Å². The van der Waals surface area contributed by atoms with Crippen LogP contribution in [0.2, 0.25) is 0 Å². The quantitative estimate of drug-likeness (QED) is 0.814. The molecule has 0 aliphatic heterocycles. The Morgan fingerprint density at radius 1 is 1.37 bits per heavy atom. The molecule has 2 rings (SSSR count). The van der Waals surface area contributed by atoms with E-state index in [4.69, 9.17) is 0 Å². The zero-order valence-corrected chi connectivity index (χ0v) is 11.6. The van der Waals surface area contributed by atoms with Crippen LogP contribution in [0.25, 0.3) is 0 Å². The van der Waals surface area contributed by atoms with Crippen LogP contribution in [0.3, 0.4) is 0 Å². The standard InChI is InChI=1S/C16H18FNO/c1-11-4-5-13(17)8-12(11)9-16(10-18)7-6-15(2,3)14(16)19/h4-5,8H,6-7,9H2,1-3H3. The summed E-state index contributed by atoms with van der Waals surface area (Å²) in [6.07, 6.45) is 1.59. The molecule has 100 valence electrons. The van der Waals surface area contributed by atoms with Gasteiger partial charge in [0, 0.05) is 5.41 Å². The van der Waals surface area contributed by atoms with Crippen LogP contribution < -0.4 is 0 Å². The number of Topliss-reactive ketones (excluding diaryl/α,β-unsaturated/α-hetero) is 1. The lowest BCUT2D eigenvalue weighted by Crippen LogP contribution is -2.33. The maximum atomic E-state index is 13.3. The van der Waals surface area contributed by atoms with Crippen LogP contribution in [0.15, 0.2) is 18.2 Å². The summed E-state index contributed by atoms with van der Waals surface area (Å²) in [5.41, 5.74) is 0.250. The predicted octanol–water partition coefficient (Wildman–Crippen LogP) is 3.58. The Kier molecular flexibility index (Phi) is 3.22. The largest absolute Gasteiger partial charge is 0.297 e. The van der Waals surface area contributed by atoms with Crippen molar-refractivity contribution in [3.63, 3.8) is 0 Å². The molecule has 1 aliphatic rings. The van der Waals surface area contributed by atoms with E-state index in [0.717, 1.165) is 11.1 Å². The van der Waals surface area contributed by atoms with Crippen LogP contribution in [-0.2, 0) is 11.2 Å². The van der Waals surface area contributed by atoms with Gasteiger partial charge in [0.25, 0.3) is 0 Å². The summed E-state index contributed by atoms with van der Waals surface area (Å²) in [6, 6.07) is 6.74. The molecule has 0 aromatic heterocycles. The van der Waals surface area contributed by atoms with Crippen LogP contribution in [0.1, 0.15) is 37.8 Å². The van der Waals surface area contributed by atoms with Gasteiger partial charge in [0.2, 0.25) is 0 Å². The molecule has 1 aromatic carbocycles. The van der Waals surface area contributed by atoms with E-state index < -0.39 is 10.8 Å². The minimum atomic E-state index is -0.984. The van der Waals surface area contributed by atoms with Crippen LogP contribution in [0, 0.1) is 34.9 Å². The summed E-state index contributed by atoms with van der Waals surface area (Å²) in [5, 5.41) is 9.48. The average molecular weight is 259 g/mol. The van der Waals surface area contributed by atoms with Crippen molar-refractivity contribution in [3.8, 4) is 6.07 Å². The van der Waals surface area contributed by atoms with Crippen LogP contribution in [0.4, 0.5) is 4.39 Å². The van der Waals surface area contributed by atoms with Gasteiger partial charge in [-0.2, -0.15) is 5.26 Å². The third-order valence-electron chi connectivity index (χ3n) is 4.24. The predicted molar refractivity (Wildman–Crippen MR) is 70.9 cm³/mol. The second kappa shape index (κ2) is 4.45. The zero-order valence-electron chi connectivity index (χ0n) is 11.6. The summed E-state index contributed by atoms with van der Waals surface area (Å²) in [4.78, 5) is 12.5. The Bertz CT molecular complexity index is 571. The van der Waals surface area contributed by atoms with E-state index in [9.17, 15) is 14.4 Å². The normalized spacial score (nSPS) is 25.3. The first kappa shape index (κ1) is 13.7. The van der Waals surface area contributed by atoms with E-state index >= 15 is 0 Å². The molecule has 0 amide bonds. The maximum absolute atomic E-state index is 13.3. The maximum Gasteiger partial charge on any atom is 0.158 e. The second-order valence-corrected chi connectivity index (χ2v) is 6.15. The second-order valence-electron chi connectivity index (χ2n) is 6.15. The first-order valence-corrected chi connectivity index (χ1v) is 6.52. The third-order valence-corrected chi connectivity index (χ3v) is 4.24. The van der Waals surface area contributed by atoms with Gasteiger partial charge in [-0.1, -0.05) is 19.9 Å². The summed E-state index contributed by atoms with van der Waals surface area (Å²) in [6.45, 7) is 5.64. The summed E-state index contributed by atoms with van der Waals surface area (Å²) in [5.74, 6) is -0.329. The van der Waals surface area contributed by atoms with Crippen molar-refractivity contribution in [1.82, 2.24) is 0 Å². The number of halogens is 1. The number of nitrogens with zero attached hydrogens (tertiary/aromatic N) is 1. The fraction of sp³-hybridized carbons (Fsp3) is 0.500. The van der Waals surface area contributed by atoms with E-state index in [2.05, 4.69) is 6.07 Å². The lowest BCUT2D eigenvalue weighted by Gasteiger charge is -2.23. The van der Waals surface area contributed by atoms with E-state index in [1.54, 1.807) is 6.07 Å². The van der Waals surface area contributed by atoms with Gasteiger partial charge in [0.05, 0.1) is 6.07 Å². The Hall–Kier alpha value is -1.69. The first-order chi connectivity index (χ1) is 8.81. The SMILES string of the molecule is Cc1ccc(F)cc1CC1(C#N)CCC(C)(C)C1=O. The Labute approximate surface area is 113 Å². The molecule has 0 heterocycles.